The van der Waals surface area contributed by atoms with Crippen LogP contribution in [0.1, 0.15) is 38.5 Å². The topological polar surface area (TPSA) is 93.5 Å². The van der Waals surface area contributed by atoms with Crippen LogP contribution >= 0.6 is 15.9 Å². The maximum Gasteiger partial charge on any atom is 0.275 e. The number of nitrogens with one attached hydrogen (secondary N) is 1. The Labute approximate surface area is 184 Å². The van der Waals surface area contributed by atoms with Crippen LogP contribution in [0, 0.1) is 5.41 Å². The molecule has 1 spiro atoms. The molecule has 31 heavy (non-hydrogen) atoms. The highest BCUT2D eigenvalue weighted by Gasteiger charge is 2.62. The highest BCUT2D eigenvalue weighted by atomic mass is 79.9. The number of aliphatic hydroxyl groups excluding tert-OH is 1. The SMILES string of the molecule is O=C(Cn1nc(OC2CC3(C2)CC(F)(F)C3)c2cc(Br)ccc2c1=O)NC1CC(O)C1. The number of carbonyl (C=O) groups excluding carboxylic acids is 1. The summed E-state index contributed by atoms with van der Waals surface area (Å²) in [6.07, 6.45) is 1.21. The van der Waals surface area contributed by atoms with Gasteiger partial charge in [-0.2, -0.15) is 0 Å². The second-order valence-electron chi connectivity index (χ2n) is 9.21. The molecule has 2 N–H and O–H groups in total. The summed E-state index contributed by atoms with van der Waals surface area (Å²) in [4.78, 5) is 25.2. The summed E-state index contributed by atoms with van der Waals surface area (Å²) in [5.74, 6) is -2.72. The fourth-order valence-electron chi connectivity index (χ4n) is 5.02. The fourth-order valence-corrected chi connectivity index (χ4v) is 5.38. The molecule has 1 aromatic heterocycles. The van der Waals surface area contributed by atoms with E-state index in [-0.39, 0.29) is 48.7 Å². The van der Waals surface area contributed by atoms with E-state index in [0.29, 0.717) is 36.5 Å². The third-order valence-electron chi connectivity index (χ3n) is 6.53. The van der Waals surface area contributed by atoms with Crippen LogP contribution in [0.15, 0.2) is 27.5 Å². The lowest BCUT2D eigenvalue weighted by Crippen LogP contribution is -2.57. The van der Waals surface area contributed by atoms with Crippen LogP contribution in [0.5, 0.6) is 5.88 Å². The zero-order valence-electron chi connectivity index (χ0n) is 16.6. The summed E-state index contributed by atoms with van der Waals surface area (Å²) >= 11 is 3.38. The van der Waals surface area contributed by atoms with Crippen molar-refractivity contribution in [2.24, 2.45) is 5.41 Å². The molecule has 0 aliphatic heterocycles. The second-order valence-corrected chi connectivity index (χ2v) is 10.1. The Balaban J connectivity index is 1.36. The Kier molecular flexibility index (Phi) is 4.85. The highest BCUT2D eigenvalue weighted by Crippen LogP contribution is 2.63. The first kappa shape index (κ1) is 20.8. The minimum absolute atomic E-state index is 0.0999. The van der Waals surface area contributed by atoms with Crippen molar-refractivity contribution in [2.75, 3.05) is 0 Å². The maximum absolute atomic E-state index is 13.3. The van der Waals surface area contributed by atoms with Crippen molar-refractivity contribution >= 4 is 32.6 Å². The molecular formula is C21H22BrF2N3O4. The second kappa shape index (κ2) is 7.23. The number of carbonyl (C=O) groups is 1. The van der Waals surface area contributed by atoms with Gasteiger partial charge < -0.3 is 15.2 Å². The smallest absolute Gasteiger partial charge is 0.275 e. The molecule has 7 nitrogen and oxygen atoms in total. The van der Waals surface area contributed by atoms with Crippen molar-refractivity contribution in [1.29, 1.82) is 0 Å². The average Bonchev–Trinajstić information content (AvgIpc) is 2.61. The van der Waals surface area contributed by atoms with Gasteiger partial charge in [0.1, 0.15) is 12.6 Å². The van der Waals surface area contributed by atoms with Gasteiger partial charge in [0, 0.05) is 23.4 Å². The van der Waals surface area contributed by atoms with Crippen LogP contribution < -0.4 is 15.6 Å². The number of alkyl halides is 2. The lowest BCUT2D eigenvalue weighted by Gasteiger charge is -2.56. The number of ether oxygens (including phenoxy) is 1. The number of fused-ring (bicyclic) bond motifs is 1. The Bertz CT molecular complexity index is 1100. The maximum atomic E-state index is 13.3. The van der Waals surface area contributed by atoms with Crippen LogP contribution in [0.2, 0.25) is 0 Å². The lowest BCUT2D eigenvalue weighted by molar-refractivity contribution is -0.215. The van der Waals surface area contributed by atoms with Gasteiger partial charge in [0.05, 0.1) is 16.9 Å². The largest absolute Gasteiger partial charge is 0.473 e. The van der Waals surface area contributed by atoms with E-state index in [1.54, 1.807) is 18.2 Å². The molecule has 3 aliphatic rings. The quantitative estimate of drug-likeness (QED) is 0.662. The summed E-state index contributed by atoms with van der Waals surface area (Å²) in [5.41, 5.74) is -0.756. The minimum atomic E-state index is -2.57. The van der Waals surface area contributed by atoms with Crippen molar-refractivity contribution in [2.45, 2.75) is 69.2 Å². The zero-order valence-corrected chi connectivity index (χ0v) is 18.2. The third kappa shape index (κ3) is 3.95. The predicted octanol–water partition coefficient (Wildman–Crippen LogP) is 2.76. The molecule has 0 saturated heterocycles. The molecular weight excluding hydrogens is 476 g/mol. The van der Waals surface area contributed by atoms with Gasteiger partial charge in [-0.15, -0.1) is 5.10 Å². The molecule has 0 radical (unpaired) electrons. The monoisotopic (exact) mass is 497 g/mol. The van der Waals surface area contributed by atoms with Crippen LogP contribution in [-0.4, -0.2) is 45.0 Å². The minimum Gasteiger partial charge on any atom is -0.473 e. The van der Waals surface area contributed by atoms with E-state index in [2.05, 4.69) is 26.3 Å². The van der Waals surface area contributed by atoms with Gasteiger partial charge in [-0.3, -0.25) is 9.59 Å². The Morgan fingerprint density at radius 1 is 1.29 bits per heavy atom. The molecule has 5 rings (SSSR count). The standard InChI is InChI=1S/C21H22BrF2N3O4/c22-11-1-2-15-16(3-11)18(31-14-6-20(7-14)9-21(23,24)10-20)26-27(19(15)30)8-17(29)25-12-4-13(28)5-12/h1-3,12-14,28H,4-10H2,(H,25,29). The molecule has 1 amide bonds. The number of amides is 1. The summed E-state index contributed by atoms with van der Waals surface area (Å²) in [5, 5.41) is 17.3. The van der Waals surface area contributed by atoms with Gasteiger partial charge in [-0.05, 0) is 49.3 Å². The highest BCUT2D eigenvalue weighted by molar-refractivity contribution is 9.10. The van der Waals surface area contributed by atoms with Gasteiger partial charge in [-0.25, -0.2) is 13.5 Å². The first-order valence-electron chi connectivity index (χ1n) is 10.3. The van der Waals surface area contributed by atoms with Gasteiger partial charge in [0.15, 0.2) is 0 Å². The van der Waals surface area contributed by atoms with Crippen LogP contribution in [0.3, 0.4) is 0 Å². The predicted molar refractivity (Wildman–Crippen MR) is 111 cm³/mol. The van der Waals surface area contributed by atoms with E-state index in [4.69, 9.17) is 4.74 Å². The molecule has 3 saturated carbocycles. The molecule has 3 aliphatic carbocycles. The number of aliphatic hydroxyl groups is 1. The van der Waals surface area contributed by atoms with Crippen molar-refractivity contribution < 1.29 is 23.4 Å². The van der Waals surface area contributed by atoms with Crippen molar-refractivity contribution in [3.63, 3.8) is 0 Å². The number of nitrogens with zero attached hydrogens (tertiary/aromatic N) is 2. The van der Waals surface area contributed by atoms with E-state index in [1.165, 1.54) is 0 Å². The van der Waals surface area contributed by atoms with E-state index >= 15 is 0 Å². The number of hydrogen-bond acceptors (Lipinski definition) is 5. The average molecular weight is 498 g/mol. The van der Waals surface area contributed by atoms with Crippen LogP contribution in [-0.2, 0) is 11.3 Å². The normalized spacial score (nSPS) is 26.1. The summed E-state index contributed by atoms with van der Waals surface area (Å²) in [7, 11) is 0. The summed E-state index contributed by atoms with van der Waals surface area (Å²) < 4.78 is 34.4. The Morgan fingerprint density at radius 2 is 2.00 bits per heavy atom. The van der Waals surface area contributed by atoms with Crippen molar-refractivity contribution in [1.82, 2.24) is 15.1 Å². The van der Waals surface area contributed by atoms with Crippen molar-refractivity contribution in [3.8, 4) is 5.88 Å². The Morgan fingerprint density at radius 3 is 2.65 bits per heavy atom. The molecule has 3 fully saturated rings. The number of rotatable bonds is 5. The molecule has 166 valence electrons. The van der Waals surface area contributed by atoms with E-state index in [1.807, 2.05) is 0 Å². The first-order chi connectivity index (χ1) is 14.6. The van der Waals surface area contributed by atoms with E-state index < -0.39 is 17.6 Å². The zero-order chi connectivity index (χ0) is 22.0. The van der Waals surface area contributed by atoms with E-state index in [0.717, 1.165) is 9.15 Å². The molecule has 0 bridgehead atoms. The molecule has 0 atom stereocenters. The Hall–Kier alpha value is -2.07. The van der Waals surface area contributed by atoms with Gasteiger partial charge in [0.25, 0.3) is 5.56 Å². The summed E-state index contributed by atoms with van der Waals surface area (Å²) in [6.45, 7) is -0.269. The number of hydrogen-bond donors (Lipinski definition) is 2. The van der Waals surface area contributed by atoms with Crippen LogP contribution in [0.4, 0.5) is 8.78 Å². The van der Waals surface area contributed by atoms with E-state index in [9.17, 15) is 23.5 Å². The molecule has 2 aromatic rings. The van der Waals surface area contributed by atoms with Gasteiger partial charge >= 0.3 is 0 Å². The number of halogens is 3. The molecule has 10 heteroatoms. The third-order valence-corrected chi connectivity index (χ3v) is 7.02. The fraction of sp³-hybridized carbons (Fsp3) is 0.571. The van der Waals surface area contributed by atoms with Gasteiger partial charge in [0.2, 0.25) is 17.7 Å². The number of aromatic nitrogens is 2. The molecule has 1 heterocycles. The van der Waals surface area contributed by atoms with Crippen LogP contribution in [0.25, 0.3) is 10.8 Å². The van der Waals surface area contributed by atoms with Gasteiger partial charge in [-0.1, -0.05) is 15.9 Å². The molecule has 0 unspecified atom stereocenters. The molecule has 1 aromatic carbocycles. The lowest BCUT2D eigenvalue weighted by atomic mass is 9.53. The first-order valence-corrected chi connectivity index (χ1v) is 11.1. The number of benzene rings is 1. The van der Waals surface area contributed by atoms with Crippen molar-refractivity contribution in [3.05, 3.63) is 33.0 Å². The summed E-state index contributed by atoms with van der Waals surface area (Å²) in [6, 6.07) is 4.99.